The Balaban J connectivity index is 1.32. The van der Waals surface area contributed by atoms with E-state index in [2.05, 4.69) is 28.9 Å². The molecule has 1 aliphatic rings. The number of benzene rings is 2. The van der Waals surface area contributed by atoms with Crippen molar-refractivity contribution in [2.24, 2.45) is 0 Å². The van der Waals surface area contributed by atoms with Crippen LogP contribution < -0.4 is 0 Å². The van der Waals surface area contributed by atoms with Crippen LogP contribution in [0, 0.1) is 6.92 Å². The second kappa shape index (κ2) is 9.22. The first-order valence-electron chi connectivity index (χ1n) is 10.6. The normalized spacial score (nSPS) is 15.9. The lowest BCUT2D eigenvalue weighted by Gasteiger charge is -2.36. The highest BCUT2D eigenvalue weighted by Crippen LogP contribution is 2.23. The molecule has 156 valence electrons. The molecule has 0 bridgehead atoms. The summed E-state index contributed by atoms with van der Waals surface area (Å²) in [5.74, 6) is 1.39. The van der Waals surface area contributed by atoms with Crippen molar-refractivity contribution >= 4 is 5.91 Å². The highest BCUT2D eigenvalue weighted by molar-refractivity contribution is 5.83. The van der Waals surface area contributed by atoms with E-state index in [9.17, 15) is 4.79 Å². The van der Waals surface area contributed by atoms with Crippen molar-refractivity contribution in [3.05, 3.63) is 71.5 Å². The Hall–Kier alpha value is -2.99. The van der Waals surface area contributed by atoms with Crippen LogP contribution in [0.3, 0.4) is 0 Å². The first-order valence-corrected chi connectivity index (χ1v) is 10.6. The maximum absolute atomic E-state index is 13.0. The van der Waals surface area contributed by atoms with Gasteiger partial charge in [0.05, 0.1) is 12.5 Å². The highest BCUT2D eigenvalue weighted by Gasteiger charge is 2.28. The molecule has 1 saturated heterocycles. The molecule has 0 saturated carbocycles. The lowest BCUT2D eigenvalue weighted by molar-refractivity contribution is -0.134. The van der Waals surface area contributed by atoms with Crippen molar-refractivity contribution in [1.29, 1.82) is 0 Å². The molecule has 0 radical (unpaired) electrons. The molecular formula is C24H28N4O2. The molecule has 1 fully saturated rings. The first kappa shape index (κ1) is 20.3. The predicted molar refractivity (Wildman–Crippen MR) is 116 cm³/mol. The molecule has 1 aliphatic heterocycles. The summed E-state index contributed by atoms with van der Waals surface area (Å²) in [6, 6.07) is 18.1. The van der Waals surface area contributed by atoms with Gasteiger partial charge in [0.2, 0.25) is 5.91 Å². The second-order valence-electron chi connectivity index (χ2n) is 7.85. The van der Waals surface area contributed by atoms with Gasteiger partial charge in [-0.1, -0.05) is 60.1 Å². The summed E-state index contributed by atoms with van der Waals surface area (Å²) in [7, 11) is 0. The van der Waals surface area contributed by atoms with Crippen LogP contribution in [0.1, 0.15) is 36.2 Å². The van der Waals surface area contributed by atoms with Gasteiger partial charge in [0.25, 0.3) is 5.89 Å². The van der Waals surface area contributed by atoms with E-state index in [4.69, 9.17) is 4.52 Å². The van der Waals surface area contributed by atoms with Gasteiger partial charge in [-0.15, -0.1) is 0 Å². The van der Waals surface area contributed by atoms with Crippen molar-refractivity contribution in [1.82, 2.24) is 19.9 Å². The van der Waals surface area contributed by atoms with Crippen molar-refractivity contribution in [2.45, 2.75) is 32.7 Å². The number of aryl methyl sites for hydroxylation is 1. The molecule has 1 aromatic heterocycles. The lowest BCUT2D eigenvalue weighted by Crippen LogP contribution is -2.49. The zero-order chi connectivity index (χ0) is 20.9. The summed E-state index contributed by atoms with van der Waals surface area (Å²) in [6.07, 6.45) is 0.813. The third-order valence-electron chi connectivity index (χ3n) is 5.72. The smallest absolute Gasteiger partial charge is 0.257 e. The second-order valence-corrected chi connectivity index (χ2v) is 7.85. The largest absolute Gasteiger partial charge is 0.340 e. The van der Waals surface area contributed by atoms with Gasteiger partial charge < -0.3 is 9.42 Å². The topological polar surface area (TPSA) is 62.5 Å². The van der Waals surface area contributed by atoms with Gasteiger partial charge in [-0.3, -0.25) is 9.69 Å². The van der Waals surface area contributed by atoms with E-state index >= 15 is 0 Å². The van der Waals surface area contributed by atoms with Crippen LogP contribution >= 0.6 is 0 Å². The van der Waals surface area contributed by atoms with Gasteiger partial charge in [0, 0.05) is 31.7 Å². The summed E-state index contributed by atoms with van der Waals surface area (Å²) < 4.78 is 5.43. The number of piperazine rings is 1. The molecule has 6 heteroatoms. The molecule has 0 aliphatic carbocycles. The molecule has 0 N–H and O–H groups in total. The van der Waals surface area contributed by atoms with Gasteiger partial charge in [-0.2, -0.15) is 4.98 Å². The average Bonchev–Trinajstić information content (AvgIpc) is 3.24. The number of carbonyl (C=O) groups is 1. The monoisotopic (exact) mass is 404 g/mol. The Morgan fingerprint density at radius 3 is 2.40 bits per heavy atom. The van der Waals surface area contributed by atoms with Crippen LogP contribution in [0.5, 0.6) is 0 Å². The van der Waals surface area contributed by atoms with E-state index < -0.39 is 0 Å². The Morgan fingerprint density at radius 1 is 1.03 bits per heavy atom. The predicted octanol–water partition coefficient (Wildman–Crippen LogP) is 3.88. The van der Waals surface area contributed by atoms with Crippen molar-refractivity contribution in [3.63, 3.8) is 0 Å². The number of rotatable bonds is 6. The standard InChI is InChI=1S/C24H28N4O2/c1-3-21(19-7-5-4-6-8-19)24(29)28-15-13-27(14-16-28)17-22-25-23(30-26-22)20-11-9-18(2)10-12-20/h4-12,21H,3,13-17H2,1-2H3/t21-/m0/s1. The number of amides is 1. The molecule has 1 amide bonds. The molecule has 1 atom stereocenters. The minimum atomic E-state index is -0.0629. The van der Waals surface area contributed by atoms with Crippen molar-refractivity contribution < 1.29 is 9.32 Å². The maximum Gasteiger partial charge on any atom is 0.257 e. The van der Waals surface area contributed by atoms with Crippen LogP contribution in [0.15, 0.2) is 59.1 Å². The minimum absolute atomic E-state index is 0.0629. The van der Waals surface area contributed by atoms with Crippen molar-refractivity contribution in [2.75, 3.05) is 26.2 Å². The molecule has 4 rings (SSSR count). The van der Waals surface area contributed by atoms with Crippen molar-refractivity contribution in [3.8, 4) is 11.5 Å². The number of aromatic nitrogens is 2. The summed E-state index contributed by atoms with van der Waals surface area (Å²) in [5.41, 5.74) is 3.23. The zero-order valence-electron chi connectivity index (χ0n) is 17.6. The van der Waals surface area contributed by atoms with E-state index in [1.54, 1.807) is 0 Å². The summed E-state index contributed by atoms with van der Waals surface area (Å²) in [6.45, 7) is 7.84. The van der Waals surface area contributed by atoms with Crippen LogP contribution in [0.25, 0.3) is 11.5 Å². The Morgan fingerprint density at radius 2 is 1.73 bits per heavy atom. The molecular weight excluding hydrogens is 376 g/mol. The molecule has 3 aromatic rings. The number of carbonyl (C=O) groups excluding carboxylic acids is 1. The highest BCUT2D eigenvalue weighted by atomic mass is 16.5. The quantitative estimate of drug-likeness (QED) is 0.624. The van der Waals surface area contributed by atoms with Gasteiger partial charge >= 0.3 is 0 Å². The Labute approximate surface area is 177 Å². The third kappa shape index (κ3) is 4.60. The van der Waals surface area contributed by atoms with Gasteiger partial charge in [0.1, 0.15) is 0 Å². The van der Waals surface area contributed by atoms with E-state index in [0.29, 0.717) is 18.3 Å². The van der Waals surface area contributed by atoms with Crippen LogP contribution in [-0.4, -0.2) is 52.0 Å². The third-order valence-corrected chi connectivity index (χ3v) is 5.72. The minimum Gasteiger partial charge on any atom is -0.340 e. The van der Waals surface area contributed by atoms with E-state index in [-0.39, 0.29) is 11.8 Å². The first-order chi connectivity index (χ1) is 14.6. The van der Waals surface area contributed by atoms with E-state index in [1.807, 2.05) is 59.5 Å². The van der Waals surface area contributed by atoms with Crippen LogP contribution in [0.2, 0.25) is 0 Å². The number of hydrogen-bond acceptors (Lipinski definition) is 5. The zero-order valence-corrected chi connectivity index (χ0v) is 17.6. The summed E-state index contributed by atoms with van der Waals surface area (Å²) >= 11 is 0. The summed E-state index contributed by atoms with van der Waals surface area (Å²) in [5, 5.41) is 4.14. The lowest BCUT2D eigenvalue weighted by atomic mass is 9.95. The maximum atomic E-state index is 13.0. The fourth-order valence-electron chi connectivity index (χ4n) is 3.92. The van der Waals surface area contributed by atoms with Gasteiger partial charge in [-0.05, 0) is 31.0 Å². The molecule has 6 nitrogen and oxygen atoms in total. The molecule has 0 unspecified atom stereocenters. The van der Waals surface area contributed by atoms with Crippen LogP contribution in [-0.2, 0) is 11.3 Å². The van der Waals surface area contributed by atoms with Gasteiger partial charge in [-0.25, -0.2) is 0 Å². The number of hydrogen-bond donors (Lipinski definition) is 0. The van der Waals surface area contributed by atoms with E-state index in [1.165, 1.54) is 5.56 Å². The fourth-order valence-corrected chi connectivity index (χ4v) is 3.92. The Bertz CT molecular complexity index is 960. The number of nitrogens with zero attached hydrogens (tertiary/aromatic N) is 4. The Kier molecular flexibility index (Phi) is 6.23. The molecule has 0 spiro atoms. The SMILES string of the molecule is CC[C@H](C(=O)N1CCN(Cc2noc(-c3ccc(C)cc3)n2)CC1)c1ccccc1. The molecule has 30 heavy (non-hydrogen) atoms. The van der Waals surface area contributed by atoms with Crippen LogP contribution in [0.4, 0.5) is 0 Å². The average molecular weight is 405 g/mol. The van der Waals surface area contributed by atoms with E-state index in [0.717, 1.165) is 43.7 Å². The molecule has 2 heterocycles. The molecule has 2 aromatic carbocycles. The fraction of sp³-hybridized carbons (Fsp3) is 0.375. The van der Waals surface area contributed by atoms with Gasteiger partial charge in [0.15, 0.2) is 5.82 Å². The summed E-state index contributed by atoms with van der Waals surface area (Å²) in [4.78, 5) is 21.9.